The van der Waals surface area contributed by atoms with Gasteiger partial charge in [-0.3, -0.25) is 4.79 Å². The van der Waals surface area contributed by atoms with Crippen LogP contribution in [0.15, 0.2) is 18.2 Å². The van der Waals surface area contributed by atoms with E-state index < -0.39 is 0 Å². The fourth-order valence-corrected chi connectivity index (χ4v) is 2.66. The molecule has 1 aromatic carbocycles. The second-order valence-corrected chi connectivity index (χ2v) is 5.26. The van der Waals surface area contributed by atoms with Gasteiger partial charge in [0, 0.05) is 18.7 Å². The monoisotopic (exact) mass is 262 g/mol. The molecule has 19 heavy (non-hydrogen) atoms. The molecule has 1 aliphatic carbocycles. The summed E-state index contributed by atoms with van der Waals surface area (Å²) in [4.78, 5) is 11.1. The molecule has 0 aromatic heterocycles. The molecule has 2 unspecified atom stereocenters. The molecule has 0 heterocycles. The van der Waals surface area contributed by atoms with Gasteiger partial charge in [0.25, 0.3) is 0 Å². The Labute approximate surface area is 114 Å². The van der Waals surface area contributed by atoms with Crippen molar-refractivity contribution in [3.05, 3.63) is 18.2 Å². The molecule has 104 valence electrons. The first kappa shape index (κ1) is 13.7. The fourth-order valence-electron chi connectivity index (χ4n) is 2.66. The van der Waals surface area contributed by atoms with Crippen LogP contribution in [0.5, 0.6) is 5.75 Å². The topological polar surface area (TPSA) is 50.4 Å². The summed E-state index contributed by atoms with van der Waals surface area (Å²) in [5, 5.41) is 6.35. The number of rotatable bonds is 4. The Morgan fingerprint density at radius 2 is 2.16 bits per heavy atom. The molecule has 4 nitrogen and oxygen atoms in total. The number of amides is 1. The lowest BCUT2D eigenvalue weighted by Crippen LogP contribution is -2.22. The number of ether oxygens (including phenoxy) is 1. The van der Waals surface area contributed by atoms with Crippen LogP contribution >= 0.6 is 0 Å². The first-order chi connectivity index (χ1) is 9.10. The molecule has 1 aromatic rings. The Hall–Kier alpha value is -1.71. The summed E-state index contributed by atoms with van der Waals surface area (Å²) in [5.41, 5.74) is 1.74. The van der Waals surface area contributed by atoms with Crippen molar-refractivity contribution < 1.29 is 9.53 Å². The highest BCUT2D eigenvalue weighted by Gasteiger charge is 2.24. The van der Waals surface area contributed by atoms with Crippen molar-refractivity contribution in [1.82, 2.24) is 0 Å². The van der Waals surface area contributed by atoms with Crippen molar-refractivity contribution in [2.24, 2.45) is 5.92 Å². The van der Waals surface area contributed by atoms with Crippen LogP contribution in [0.1, 0.15) is 33.1 Å². The van der Waals surface area contributed by atoms with Crippen LogP contribution in [0, 0.1) is 5.92 Å². The molecule has 1 saturated carbocycles. The molecule has 1 amide bonds. The third-order valence-electron chi connectivity index (χ3n) is 3.72. The fraction of sp³-hybridized carbons (Fsp3) is 0.533. The summed E-state index contributed by atoms with van der Waals surface area (Å²) in [6.45, 7) is 3.78. The minimum Gasteiger partial charge on any atom is -0.495 e. The van der Waals surface area contributed by atoms with Crippen LogP contribution in [-0.2, 0) is 4.79 Å². The number of benzene rings is 1. The maximum atomic E-state index is 11.1. The maximum Gasteiger partial charge on any atom is 0.221 e. The summed E-state index contributed by atoms with van der Waals surface area (Å²) in [6, 6.07) is 6.16. The number of methoxy groups -OCH3 is 1. The van der Waals surface area contributed by atoms with E-state index in [9.17, 15) is 4.79 Å². The van der Waals surface area contributed by atoms with E-state index in [0.717, 1.165) is 17.1 Å². The van der Waals surface area contributed by atoms with Gasteiger partial charge in [-0.25, -0.2) is 0 Å². The van der Waals surface area contributed by atoms with E-state index >= 15 is 0 Å². The van der Waals surface area contributed by atoms with Crippen molar-refractivity contribution in [3.63, 3.8) is 0 Å². The highest BCUT2D eigenvalue weighted by molar-refractivity contribution is 5.89. The van der Waals surface area contributed by atoms with Gasteiger partial charge in [0.15, 0.2) is 0 Å². The van der Waals surface area contributed by atoms with Crippen molar-refractivity contribution >= 4 is 17.3 Å². The Balaban J connectivity index is 2.18. The number of hydrogen-bond donors (Lipinski definition) is 2. The van der Waals surface area contributed by atoms with Crippen LogP contribution in [0.4, 0.5) is 11.4 Å². The quantitative estimate of drug-likeness (QED) is 0.875. The minimum atomic E-state index is -0.0645. The molecule has 0 saturated heterocycles. The van der Waals surface area contributed by atoms with Crippen molar-refractivity contribution in [2.75, 3.05) is 17.7 Å². The molecule has 1 fully saturated rings. The molecule has 2 atom stereocenters. The molecule has 0 bridgehead atoms. The minimum absolute atomic E-state index is 0.0645. The van der Waals surface area contributed by atoms with Crippen LogP contribution < -0.4 is 15.4 Å². The standard InChI is InChI=1S/C15H22N2O2/c1-10-5-4-6-13(10)17-14-9-12(16-11(2)18)7-8-15(14)19-3/h7-10,13,17H,4-6H2,1-3H3,(H,16,18). The Kier molecular flexibility index (Phi) is 4.30. The Morgan fingerprint density at radius 1 is 1.37 bits per heavy atom. The van der Waals surface area contributed by atoms with E-state index in [1.54, 1.807) is 7.11 Å². The smallest absolute Gasteiger partial charge is 0.221 e. The number of carbonyl (C=O) groups is 1. The molecular formula is C15H22N2O2. The van der Waals surface area contributed by atoms with E-state index in [1.165, 1.54) is 26.2 Å². The van der Waals surface area contributed by atoms with E-state index in [2.05, 4.69) is 17.6 Å². The summed E-state index contributed by atoms with van der Waals surface area (Å²) in [7, 11) is 1.66. The predicted molar refractivity (Wildman–Crippen MR) is 77.7 cm³/mol. The summed E-state index contributed by atoms with van der Waals surface area (Å²) in [5.74, 6) is 1.42. The molecule has 0 aliphatic heterocycles. The van der Waals surface area contributed by atoms with E-state index in [4.69, 9.17) is 4.74 Å². The molecule has 2 rings (SSSR count). The second kappa shape index (κ2) is 5.95. The average molecular weight is 262 g/mol. The zero-order valence-electron chi connectivity index (χ0n) is 11.8. The van der Waals surface area contributed by atoms with Gasteiger partial charge >= 0.3 is 0 Å². The van der Waals surface area contributed by atoms with Gasteiger partial charge in [0.1, 0.15) is 5.75 Å². The second-order valence-electron chi connectivity index (χ2n) is 5.26. The third-order valence-corrected chi connectivity index (χ3v) is 3.72. The van der Waals surface area contributed by atoms with Crippen LogP contribution in [0.2, 0.25) is 0 Å². The lowest BCUT2D eigenvalue weighted by Gasteiger charge is -2.21. The average Bonchev–Trinajstić information content (AvgIpc) is 2.75. The van der Waals surface area contributed by atoms with Crippen LogP contribution in [0.25, 0.3) is 0 Å². The zero-order valence-corrected chi connectivity index (χ0v) is 11.8. The van der Waals surface area contributed by atoms with E-state index in [1.807, 2.05) is 18.2 Å². The van der Waals surface area contributed by atoms with Gasteiger partial charge in [-0.1, -0.05) is 13.3 Å². The SMILES string of the molecule is COc1ccc(NC(C)=O)cc1NC1CCCC1C. The molecule has 0 radical (unpaired) electrons. The van der Waals surface area contributed by atoms with Crippen molar-refractivity contribution in [2.45, 2.75) is 39.2 Å². The summed E-state index contributed by atoms with van der Waals surface area (Å²) >= 11 is 0. The number of hydrogen-bond acceptors (Lipinski definition) is 3. The van der Waals surface area contributed by atoms with Gasteiger partial charge in [-0.15, -0.1) is 0 Å². The van der Waals surface area contributed by atoms with Gasteiger partial charge in [0.05, 0.1) is 12.8 Å². The van der Waals surface area contributed by atoms with E-state index in [0.29, 0.717) is 12.0 Å². The van der Waals surface area contributed by atoms with Crippen molar-refractivity contribution in [3.8, 4) is 5.75 Å². The predicted octanol–water partition coefficient (Wildman–Crippen LogP) is 3.25. The Bertz CT molecular complexity index is 459. The van der Waals surface area contributed by atoms with Gasteiger partial charge in [-0.05, 0) is 37.0 Å². The first-order valence-corrected chi connectivity index (χ1v) is 6.82. The highest BCUT2D eigenvalue weighted by Crippen LogP contribution is 2.33. The summed E-state index contributed by atoms with van der Waals surface area (Å²) in [6.07, 6.45) is 3.73. The highest BCUT2D eigenvalue weighted by atomic mass is 16.5. The lowest BCUT2D eigenvalue weighted by molar-refractivity contribution is -0.114. The molecule has 4 heteroatoms. The maximum absolute atomic E-state index is 11.1. The Morgan fingerprint density at radius 3 is 2.74 bits per heavy atom. The molecular weight excluding hydrogens is 240 g/mol. The number of carbonyl (C=O) groups excluding carboxylic acids is 1. The van der Waals surface area contributed by atoms with Crippen molar-refractivity contribution in [1.29, 1.82) is 0 Å². The number of nitrogens with one attached hydrogen (secondary N) is 2. The largest absolute Gasteiger partial charge is 0.495 e. The normalized spacial score (nSPS) is 22.1. The summed E-state index contributed by atoms with van der Waals surface area (Å²) < 4.78 is 5.38. The van der Waals surface area contributed by atoms with Gasteiger partial charge in [0.2, 0.25) is 5.91 Å². The first-order valence-electron chi connectivity index (χ1n) is 6.82. The van der Waals surface area contributed by atoms with Crippen LogP contribution in [0.3, 0.4) is 0 Å². The van der Waals surface area contributed by atoms with Gasteiger partial charge in [-0.2, -0.15) is 0 Å². The number of anilines is 2. The van der Waals surface area contributed by atoms with Crippen LogP contribution in [-0.4, -0.2) is 19.1 Å². The lowest BCUT2D eigenvalue weighted by atomic mass is 10.1. The molecule has 2 N–H and O–H groups in total. The molecule has 1 aliphatic rings. The molecule has 0 spiro atoms. The zero-order chi connectivity index (χ0) is 13.8. The van der Waals surface area contributed by atoms with E-state index in [-0.39, 0.29) is 5.91 Å². The third kappa shape index (κ3) is 3.40. The van der Waals surface area contributed by atoms with Gasteiger partial charge < -0.3 is 15.4 Å².